The van der Waals surface area contributed by atoms with Gasteiger partial charge in [0.15, 0.2) is 0 Å². The smallest absolute Gasteiger partial charge is 0.129 e. The molecule has 12 heavy (non-hydrogen) atoms. The molecule has 4 heteroatoms. The minimum absolute atomic E-state index is 0.305. The average Bonchev–Trinajstić information content (AvgIpc) is 2.73. The summed E-state index contributed by atoms with van der Waals surface area (Å²) in [5, 5.41) is 0.535. The van der Waals surface area contributed by atoms with Crippen molar-refractivity contribution >= 4 is 27.5 Å². The fourth-order valence-electron chi connectivity index (χ4n) is 1.28. The van der Waals surface area contributed by atoms with E-state index in [9.17, 15) is 0 Å². The SMILES string of the molecule is NC1CC1c1cc(Cl)ncc1Br. The zero-order valence-electron chi connectivity index (χ0n) is 6.30. The lowest BCUT2D eigenvalue weighted by atomic mass is 10.2. The lowest BCUT2D eigenvalue weighted by Crippen LogP contribution is -2.01. The van der Waals surface area contributed by atoms with Crippen molar-refractivity contribution in [2.24, 2.45) is 5.73 Å². The first kappa shape index (κ1) is 8.48. The highest BCUT2D eigenvalue weighted by atomic mass is 79.9. The van der Waals surface area contributed by atoms with Crippen molar-refractivity contribution in [3.63, 3.8) is 0 Å². The maximum Gasteiger partial charge on any atom is 0.129 e. The number of hydrogen-bond acceptors (Lipinski definition) is 2. The van der Waals surface area contributed by atoms with E-state index in [2.05, 4.69) is 20.9 Å². The predicted molar refractivity (Wildman–Crippen MR) is 52.3 cm³/mol. The normalized spacial score (nSPS) is 27.2. The van der Waals surface area contributed by atoms with Crippen molar-refractivity contribution in [2.75, 3.05) is 0 Å². The van der Waals surface area contributed by atoms with Gasteiger partial charge in [0.05, 0.1) is 0 Å². The van der Waals surface area contributed by atoms with Gasteiger partial charge >= 0.3 is 0 Å². The summed E-state index contributed by atoms with van der Waals surface area (Å²) in [5.74, 6) is 0.472. The summed E-state index contributed by atoms with van der Waals surface area (Å²) in [6.07, 6.45) is 2.78. The Morgan fingerprint density at radius 2 is 2.33 bits per heavy atom. The van der Waals surface area contributed by atoms with Crippen LogP contribution in [0.15, 0.2) is 16.7 Å². The summed E-state index contributed by atoms with van der Waals surface area (Å²) in [7, 11) is 0. The molecule has 1 saturated carbocycles. The van der Waals surface area contributed by atoms with Crippen LogP contribution in [0, 0.1) is 0 Å². The van der Waals surface area contributed by atoms with Crippen molar-refractivity contribution in [1.29, 1.82) is 0 Å². The molecule has 1 aromatic rings. The molecule has 1 aliphatic carbocycles. The lowest BCUT2D eigenvalue weighted by molar-refractivity contribution is 0.980. The maximum atomic E-state index is 5.76. The van der Waals surface area contributed by atoms with Gasteiger partial charge < -0.3 is 5.73 Å². The third-order valence-corrected chi connectivity index (χ3v) is 2.96. The van der Waals surface area contributed by atoms with Crippen LogP contribution in [0.4, 0.5) is 0 Å². The molecular weight excluding hydrogens is 239 g/mol. The van der Waals surface area contributed by atoms with Gasteiger partial charge in [-0.1, -0.05) is 11.6 Å². The van der Waals surface area contributed by atoms with Gasteiger partial charge in [0.1, 0.15) is 5.15 Å². The van der Waals surface area contributed by atoms with E-state index in [-0.39, 0.29) is 0 Å². The second kappa shape index (κ2) is 2.98. The van der Waals surface area contributed by atoms with Gasteiger partial charge in [-0.3, -0.25) is 0 Å². The van der Waals surface area contributed by atoms with E-state index in [4.69, 9.17) is 17.3 Å². The first-order valence-electron chi connectivity index (χ1n) is 3.75. The van der Waals surface area contributed by atoms with E-state index >= 15 is 0 Å². The fraction of sp³-hybridized carbons (Fsp3) is 0.375. The molecule has 1 heterocycles. The fourth-order valence-corrected chi connectivity index (χ4v) is 1.96. The molecule has 2 atom stereocenters. The van der Waals surface area contributed by atoms with Crippen LogP contribution in [-0.4, -0.2) is 11.0 Å². The molecule has 1 fully saturated rings. The summed E-state index contributed by atoms with van der Waals surface area (Å²) in [5.41, 5.74) is 6.92. The van der Waals surface area contributed by atoms with Crippen molar-refractivity contribution in [1.82, 2.24) is 4.98 Å². The Morgan fingerprint density at radius 3 is 2.92 bits per heavy atom. The van der Waals surface area contributed by atoms with Crippen LogP contribution in [0.2, 0.25) is 5.15 Å². The van der Waals surface area contributed by atoms with Crippen molar-refractivity contribution in [3.05, 3.63) is 27.5 Å². The molecule has 0 saturated heterocycles. The van der Waals surface area contributed by atoms with Crippen LogP contribution < -0.4 is 5.73 Å². The molecule has 2 rings (SSSR count). The Hall–Kier alpha value is -0.120. The molecule has 2 nitrogen and oxygen atoms in total. The molecular formula is C8H8BrClN2. The summed E-state index contributed by atoms with van der Waals surface area (Å²) >= 11 is 9.19. The lowest BCUT2D eigenvalue weighted by Gasteiger charge is -2.01. The number of pyridine rings is 1. The van der Waals surface area contributed by atoms with Crippen LogP contribution in [0.5, 0.6) is 0 Å². The van der Waals surface area contributed by atoms with E-state index in [1.54, 1.807) is 6.20 Å². The van der Waals surface area contributed by atoms with Gasteiger partial charge in [0, 0.05) is 22.6 Å². The molecule has 2 N–H and O–H groups in total. The molecule has 0 bridgehead atoms. The Kier molecular flexibility index (Phi) is 2.10. The Balaban J connectivity index is 2.36. The topological polar surface area (TPSA) is 38.9 Å². The first-order chi connectivity index (χ1) is 5.68. The quantitative estimate of drug-likeness (QED) is 0.774. The molecule has 2 unspecified atom stereocenters. The number of nitrogens with two attached hydrogens (primary N) is 1. The van der Waals surface area contributed by atoms with Crippen molar-refractivity contribution in [2.45, 2.75) is 18.4 Å². The largest absolute Gasteiger partial charge is 0.327 e. The molecule has 0 radical (unpaired) electrons. The van der Waals surface area contributed by atoms with Crippen LogP contribution in [0.25, 0.3) is 0 Å². The highest BCUT2D eigenvalue weighted by molar-refractivity contribution is 9.10. The standard InChI is InChI=1S/C8H8BrClN2/c9-6-3-12-8(10)2-4(6)5-1-7(5)11/h2-3,5,7H,1,11H2. The highest BCUT2D eigenvalue weighted by Crippen LogP contribution is 2.42. The number of aromatic nitrogens is 1. The molecule has 1 aromatic heterocycles. The van der Waals surface area contributed by atoms with E-state index < -0.39 is 0 Å². The highest BCUT2D eigenvalue weighted by Gasteiger charge is 2.36. The Labute approximate surface area is 84.3 Å². The summed E-state index contributed by atoms with van der Waals surface area (Å²) in [4.78, 5) is 3.95. The molecule has 1 aliphatic rings. The summed E-state index contributed by atoms with van der Waals surface area (Å²) < 4.78 is 1.00. The van der Waals surface area contributed by atoms with Crippen LogP contribution in [-0.2, 0) is 0 Å². The number of halogens is 2. The predicted octanol–water partition coefficient (Wildman–Crippen LogP) is 2.31. The monoisotopic (exact) mass is 246 g/mol. The minimum atomic E-state index is 0.305. The zero-order chi connectivity index (χ0) is 8.72. The Morgan fingerprint density at radius 1 is 1.67 bits per heavy atom. The molecule has 0 spiro atoms. The van der Waals surface area contributed by atoms with Gasteiger partial charge in [-0.25, -0.2) is 4.98 Å². The van der Waals surface area contributed by atoms with Gasteiger partial charge in [0.2, 0.25) is 0 Å². The molecule has 0 aromatic carbocycles. The van der Waals surface area contributed by atoms with Crippen LogP contribution >= 0.6 is 27.5 Å². The molecule has 0 amide bonds. The van der Waals surface area contributed by atoms with E-state index in [1.807, 2.05) is 6.07 Å². The average molecular weight is 248 g/mol. The zero-order valence-corrected chi connectivity index (χ0v) is 8.64. The number of rotatable bonds is 1. The van der Waals surface area contributed by atoms with Crippen LogP contribution in [0.3, 0.4) is 0 Å². The van der Waals surface area contributed by atoms with E-state index in [0.717, 1.165) is 10.9 Å². The van der Waals surface area contributed by atoms with Crippen molar-refractivity contribution in [3.8, 4) is 0 Å². The van der Waals surface area contributed by atoms with Gasteiger partial charge in [-0.15, -0.1) is 0 Å². The molecule has 0 aliphatic heterocycles. The minimum Gasteiger partial charge on any atom is -0.327 e. The van der Waals surface area contributed by atoms with Crippen molar-refractivity contribution < 1.29 is 0 Å². The maximum absolute atomic E-state index is 5.76. The number of hydrogen-bond donors (Lipinski definition) is 1. The third kappa shape index (κ3) is 1.49. The Bertz CT molecular complexity index is 316. The number of nitrogens with zero attached hydrogens (tertiary/aromatic N) is 1. The van der Waals surface area contributed by atoms with Gasteiger partial charge in [-0.2, -0.15) is 0 Å². The van der Waals surface area contributed by atoms with E-state index in [1.165, 1.54) is 5.56 Å². The molecule has 64 valence electrons. The summed E-state index contributed by atoms with van der Waals surface area (Å²) in [6.45, 7) is 0. The third-order valence-electron chi connectivity index (χ3n) is 2.09. The van der Waals surface area contributed by atoms with E-state index in [0.29, 0.717) is 17.1 Å². The second-order valence-electron chi connectivity index (χ2n) is 3.03. The van der Waals surface area contributed by atoms with Gasteiger partial charge in [0.25, 0.3) is 0 Å². The van der Waals surface area contributed by atoms with Crippen LogP contribution in [0.1, 0.15) is 17.9 Å². The van der Waals surface area contributed by atoms with Gasteiger partial charge in [-0.05, 0) is 34.0 Å². The summed E-state index contributed by atoms with van der Waals surface area (Å²) in [6, 6.07) is 2.18. The second-order valence-corrected chi connectivity index (χ2v) is 4.28. The first-order valence-corrected chi connectivity index (χ1v) is 4.92.